The Labute approximate surface area is 185 Å². The minimum absolute atomic E-state index is 0.256. The molecule has 31 heavy (non-hydrogen) atoms. The summed E-state index contributed by atoms with van der Waals surface area (Å²) in [5, 5.41) is 0.260. The lowest BCUT2D eigenvalue weighted by Crippen LogP contribution is -2.35. The second-order valence-corrected chi connectivity index (χ2v) is 7.56. The number of amides is 1. The Kier molecular flexibility index (Phi) is 5.24. The van der Waals surface area contributed by atoms with E-state index in [0.29, 0.717) is 17.1 Å². The number of hydrogen-bond donors (Lipinski definition) is 0. The maximum Gasteiger partial charge on any atom is 0.296 e. The molecule has 0 atom stereocenters. The number of rotatable bonds is 4. The van der Waals surface area contributed by atoms with Crippen LogP contribution in [0.3, 0.4) is 0 Å². The van der Waals surface area contributed by atoms with Gasteiger partial charge in [-0.2, -0.15) is 0 Å². The van der Waals surface area contributed by atoms with E-state index in [1.807, 2.05) is 54.6 Å². The van der Waals surface area contributed by atoms with Crippen LogP contribution in [0.15, 0.2) is 65.1 Å². The summed E-state index contributed by atoms with van der Waals surface area (Å²) in [7, 11) is 5.11. The van der Waals surface area contributed by atoms with Crippen LogP contribution in [0.5, 0.6) is 5.75 Å². The fraction of sp³-hybridized carbons (Fsp3) is 0.174. The molecular formula is C23H22N4O3S. The van der Waals surface area contributed by atoms with Crippen LogP contribution in [0.4, 0.5) is 5.69 Å². The van der Waals surface area contributed by atoms with E-state index in [9.17, 15) is 9.59 Å². The largest absolute Gasteiger partial charge is 0.497 e. The van der Waals surface area contributed by atoms with Crippen molar-refractivity contribution in [3.63, 3.8) is 0 Å². The van der Waals surface area contributed by atoms with Gasteiger partial charge in [-0.25, -0.2) is 9.58 Å². The van der Waals surface area contributed by atoms with Gasteiger partial charge in [-0.1, -0.05) is 30.3 Å². The molecule has 4 rings (SSSR count). The molecule has 1 aliphatic heterocycles. The normalized spacial score (nSPS) is 15.3. The van der Waals surface area contributed by atoms with Crippen molar-refractivity contribution in [1.82, 2.24) is 14.3 Å². The summed E-state index contributed by atoms with van der Waals surface area (Å²) in [6.07, 6.45) is 1.75. The summed E-state index contributed by atoms with van der Waals surface area (Å²) in [6.45, 7) is 1.80. The standard InChI is InChI=1S/C23H22N4O3S/c1-15-20(22(29)27(25(15)3)17-8-6-5-7-9-17)26-21(28)19(24(2)23(26)31)14-16-10-12-18(30-4)13-11-16/h5-14H,1-4H3/b19-14-. The van der Waals surface area contributed by atoms with Gasteiger partial charge in [0, 0.05) is 14.1 Å². The quantitative estimate of drug-likeness (QED) is 0.467. The Hall–Kier alpha value is -3.65. The van der Waals surface area contributed by atoms with Gasteiger partial charge in [0.2, 0.25) is 0 Å². The predicted molar refractivity (Wildman–Crippen MR) is 125 cm³/mol. The van der Waals surface area contributed by atoms with Crippen LogP contribution >= 0.6 is 12.2 Å². The Morgan fingerprint density at radius 1 is 0.968 bits per heavy atom. The number of nitrogens with zero attached hydrogens (tertiary/aromatic N) is 4. The van der Waals surface area contributed by atoms with Gasteiger partial charge in [0.05, 0.1) is 18.5 Å². The third kappa shape index (κ3) is 3.34. The second-order valence-electron chi connectivity index (χ2n) is 7.20. The Bertz CT molecular complexity index is 1260. The minimum atomic E-state index is -0.339. The molecule has 7 nitrogen and oxygen atoms in total. The lowest BCUT2D eigenvalue weighted by Gasteiger charge is -2.15. The zero-order chi connectivity index (χ0) is 22.3. The van der Waals surface area contributed by atoms with E-state index in [4.69, 9.17) is 17.0 Å². The molecule has 0 N–H and O–H groups in total. The number of methoxy groups -OCH3 is 1. The van der Waals surface area contributed by atoms with E-state index in [0.717, 1.165) is 11.3 Å². The van der Waals surface area contributed by atoms with E-state index in [-0.39, 0.29) is 22.3 Å². The topological polar surface area (TPSA) is 59.7 Å². The molecule has 2 heterocycles. The lowest BCUT2D eigenvalue weighted by molar-refractivity contribution is -0.114. The number of likely N-dealkylation sites (N-methyl/N-ethyl adjacent to an activating group) is 1. The van der Waals surface area contributed by atoms with Crippen LogP contribution in [-0.4, -0.2) is 39.4 Å². The number of hydrogen-bond acceptors (Lipinski definition) is 4. The van der Waals surface area contributed by atoms with E-state index in [1.54, 1.807) is 43.8 Å². The summed E-state index contributed by atoms with van der Waals surface area (Å²) in [6, 6.07) is 16.6. The van der Waals surface area contributed by atoms with Gasteiger partial charge in [0.15, 0.2) is 5.11 Å². The first-order valence-electron chi connectivity index (χ1n) is 9.67. The van der Waals surface area contributed by atoms with Gasteiger partial charge in [0.1, 0.15) is 17.1 Å². The number of carbonyl (C=O) groups excluding carboxylic acids is 1. The first kappa shape index (κ1) is 20.6. The van der Waals surface area contributed by atoms with Crippen LogP contribution in [-0.2, 0) is 11.8 Å². The molecule has 8 heteroatoms. The molecule has 0 unspecified atom stereocenters. The highest BCUT2D eigenvalue weighted by Gasteiger charge is 2.40. The summed E-state index contributed by atoms with van der Waals surface area (Å²) < 4.78 is 8.45. The fourth-order valence-electron chi connectivity index (χ4n) is 3.62. The van der Waals surface area contributed by atoms with Crippen LogP contribution in [0.1, 0.15) is 11.3 Å². The van der Waals surface area contributed by atoms with E-state index >= 15 is 0 Å². The van der Waals surface area contributed by atoms with Crippen molar-refractivity contribution in [3.05, 3.63) is 81.9 Å². The van der Waals surface area contributed by atoms with Gasteiger partial charge >= 0.3 is 0 Å². The molecule has 0 aliphatic carbocycles. The maximum atomic E-state index is 13.4. The van der Waals surface area contributed by atoms with Gasteiger partial charge in [0.25, 0.3) is 11.5 Å². The molecule has 158 valence electrons. The maximum absolute atomic E-state index is 13.4. The fourth-order valence-corrected chi connectivity index (χ4v) is 3.90. The predicted octanol–water partition coefficient (Wildman–Crippen LogP) is 3.10. The number of para-hydroxylation sites is 1. The van der Waals surface area contributed by atoms with Crippen molar-refractivity contribution in [2.75, 3.05) is 19.1 Å². The zero-order valence-electron chi connectivity index (χ0n) is 17.7. The van der Waals surface area contributed by atoms with Crippen molar-refractivity contribution >= 4 is 35.0 Å². The molecular weight excluding hydrogens is 412 g/mol. The monoisotopic (exact) mass is 434 g/mol. The first-order valence-corrected chi connectivity index (χ1v) is 10.1. The Morgan fingerprint density at radius 2 is 1.61 bits per heavy atom. The third-order valence-corrected chi connectivity index (χ3v) is 5.88. The summed E-state index contributed by atoms with van der Waals surface area (Å²) >= 11 is 5.56. The van der Waals surface area contributed by atoms with Crippen LogP contribution in [0, 0.1) is 6.92 Å². The molecule has 3 aromatic rings. The molecule has 1 aromatic heterocycles. The number of aromatic nitrogens is 2. The smallest absolute Gasteiger partial charge is 0.296 e. The van der Waals surface area contributed by atoms with Gasteiger partial charge < -0.3 is 9.64 Å². The highest BCUT2D eigenvalue weighted by molar-refractivity contribution is 7.80. The van der Waals surface area contributed by atoms with Gasteiger partial charge in [-0.05, 0) is 55.0 Å². The average molecular weight is 435 g/mol. The molecule has 1 amide bonds. The third-order valence-electron chi connectivity index (χ3n) is 5.43. The van der Waals surface area contributed by atoms with Gasteiger partial charge in [-0.15, -0.1) is 0 Å². The number of carbonyl (C=O) groups is 1. The summed E-state index contributed by atoms with van der Waals surface area (Å²) in [4.78, 5) is 29.7. The molecule has 0 spiro atoms. The number of thiocarbonyl (C=S) groups is 1. The highest BCUT2D eigenvalue weighted by Crippen LogP contribution is 2.29. The average Bonchev–Trinajstić information content (AvgIpc) is 3.12. The van der Waals surface area contributed by atoms with Crippen molar-refractivity contribution in [3.8, 4) is 11.4 Å². The summed E-state index contributed by atoms with van der Waals surface area (Å²) in [5.41, 5.74) is 2.52. The number of ether oxygens (including phenoxy) is 1. The molecule has 0 bridgehead atoms. The minimum Gasteiger partial charge on any atom is -0.497 e. The molecule has 0 radical (unpaired) electrons. The van der Waals surface area contributed by atoms with Crippen LogP contribution in [0.25, 0.3) is 11.8 Å². The van der Waals surface area contributed by atoms with Crippen molar-refractivity contribution in [2.24, 2.45) is 7.05 Å². The van der Waals surface area contributed by atoms with Crippen LogP contribution in [0.2, 0.25) is 0 Å². The number of anilines is 1. The van der Waals surface area contributed by atoms with Crippen molar-refractivity contribution in [2.45, 2.75) is 6.92 Å². The molecule has 2 aromatic carbocycles. The highest BCUT2D eigenvalue weighted by atomic mass is 32.1. The zero-order valence-corrected chi connectivity index (χ0v) is 18.5. The second kappa shape index (κ2) is 7.88. The molecule has 0 saturated carbocycles. The first-order chi connectivity index (χ1) is 14.8. The van der Waals surface area contributed by atoms with Crippen LogP contribution < -0.4 is 15.2 Å². The van der Waals surface area contributed by atoms with E-state index in [1.165, 1.54) is 9.58 Å². The van der Waals surface area contributed by atoms with Crippen molar-refractivity contribution in [1.29, 1.82) is 0 Å². The number of benzene rings is 2. The van der Waals surface area contributed by atoms with E-state index < -0.39 is 0 Å². The van der Waals surface area contributed by atoms with Crippen molar-refractivity contribution < 1.29 is 9.53 Å². The Balaban J connectivity index is 1.79. The molecule has 1 fully saturated rings. The summed E-state index contributed by atoms with van der Waals surface area (Å²) in [5.74, 6) is 0.390. The molecule has 1 aliphatic rings. The molecule has 1 saturated heterocycles. The van der Waals surface area contributed by atoms with E-state index in [2.05, 4.69) is 0 Å². The van der Waals surface area contributed by atoms with Gasteiger partial charge in [-0.3, -0.25) is 14.3 Å². The SMILES string of the molecule is COc1ccc(/C=C2/C(=O)N(c3c(C)n(C)n(-c4ccccc4)c3=O)C(=S)N2C)cc1. The Morgan fingerprint density at radius 3 is 2.23 bits per heavy atom. The lowest BCUT2D eigenvalue weighted by atomic mass is 10.1.